The molecule has 0 aliphatic carbocycles. The van der Waals surface area contributed by atoms with Gasteiger partial charge in [-0.2, -0.15) is 0 Å². The van der Waals surface area contributed by atoms with Crippen molar-refractivity contribution >= 4 is 40.0 Å². The van der Waals surface area contributed by atoms with Gasteiger partial charge in [0, 0.05) is 33.7 Å². The van der Waals surface area contributed by atoms with E-state index in [-0.39, 0.29) is 42.1 Å². The smallest absolute Gasteiger partial charge is 0.215 e. The molecule has 0 amide bonds. The third-order valence-electron chi connectivity index (χ3n) is 3.82. The van der Waals surface area contributed by atoms with Gasteiger partial charge in [-0.05, 0) is 24.3 Å². The lowest BCUT2D eigenvalue weighted by Crippen LogP contribution is -2.44. The first kappa shape index (κ1) is 25.9. The standard InChI is InChI=1S/C17H29FN4O3S.HI/c1-5-22(6-2)26(23,24)14-11-20-17(19-3)21(4)12-13-25-16-9-7-15(18)8-10-16;/h7-10H,5-6,11-14H2,1-4H3,(H,19,20);1H. The van der Waals surface area contributed by atoms with Crippen LogP contribution in [0.1, 0.15) is 13.8 Å². The molecule has 0 aliphatic rings. The van der Waals surface area contributed by atoms with Crippen LogP contribution in [0.3, 0.4) is 0 Å². The number of rotatable bonds is 10. The Morgan fingerprint density at radius 2 is 1.81 bits per heavy atom. The topological polar surface area (TPSA) is 74.2 Å². The van der Waals surface area contributed by atoms with Crippen molar-refractivity contribution in [3.8, 4) is 5.75 Å². The van der Waals surface area contributed by atoms with Crippen LogP contribution in [0.2, 0.25) is 0 Å². The lowest BCUT2D eigenvalue weighted by atomic mass is 10.3. The van der Waals surface area contributed by atoms with Crippen LogP contribution in [0.25, 0.3) is 0 Å². The molecule has 1 aromatic rings. The van der Waals surface area contributed by atoms with Crippen molar-refractivity contribution < 1.29 is 17.5 Å². The number of aliphatic imine (C=N–C) groups is 1. The monoisotopic (exact) mass is 516 g/mol. The molecule has 27 heavy (non-hydrogen) atoms. The third-order valence-corrected chi connectivity index (χ3v) is 5.85. The summed E-state index contributed by atoms with van der Waals surface area (Å²) in [6.45, 7) is 5.78. The zero-order valence-electron chi connectivity index (χ0n) is 16.3. The van der Waals surface area contributed by atoms with E-state index in [1.54, 1.807) is 19.2 Å². The van der Waals surface area contributed by atoms with E-state index < -0.39 is 10.0 Å². The van der Waals surface area contributed by atoms with Gasteiger partial charge >= 0.3 is 0 Å². The molecule has 0 saturated heterocycles. The fourth-order valence-electron chi connectivity index (χ4n) is 2.36. The Bertz CT molecular complexity index is 667. The lowest BCUT2D eigenvalue weighted by molar-refractivity contribution is 0.281. The van der Waals surface area contributed by atoms with E-state index in [0.29, 0.717) is 38.0 Å². The van der Waals surface area contributed by atoms with Gasteiger partial charge in [0.1, 0.15) is 18.2 Å². The number of likely N-dealkylation sites (N-methyl/N-ethyl adjacent to an activating group) is 1. The summed E-state index contributed by atoms with van der Waals surface area (Å²) >= 11 is 0. The summed E-state index contributed by atoms with van der Waals surface area (Å²) in [4.78, 5) is 5.99. The van der Waals surface area contributed by atoms with Crippen molar-refractivity contribution in [2.24, 2.45) is 4.99 Å². The molecule has 7 nitrogen and oxygen atoms in total. The Hall–Kier alpha value is -1.14. The maximum absolute atomic E-state index is 12.9. The first-order chi connectivity index (χ1) is 12.3. The van der Waals surface area contributed by atoms with E-state index in [2.05, 4.69) is 10.3 Å². The minimum absolute atomic E-state index is 0. The first-order valence-corrected chi connectivity index (χ1v) is 10.2. The number of ether oxygens (including phenoxy) is 1. The highest BCUT2D eigenvalue weighted by Gasteiger charge is 2.18. The Morgan fingerprint density at radius 1 is 1.22 bits per heavy atom. The normalized spacial score (nSPS) is 11.9. The SMILES string of the molecule is CCN(CC)S(=O)(=O)CCNC(=NC)N(C)CCOc1ccc(F)cc1.I. The molecule has 0 fully saturated rings. The number of halogens is 2. The number of nitrogens with zero attached hydrogens (tertiary/aromatic N) is 3. The summed E-state index contributed by atoms with van der Waals surface area (Å²) in [5.41, 5.74) is 0. The first-order valence-electron chi connectivity index (χ1n) is 8.62. The summed E-state index contributed by atoms with van der Waals surface area (Å²) in [5.74, 6) is 0.877. The minimum atomic E-state index is -3.27. The van der Waals surface area contributed by atoms with E-state index in [9.17, 15) is 12.8 Å². The van der Waals surface area contributed by atoms with Crippen molar-refractivity contribution in [2.75, 3.05) is 52.6 Å². The van der Waals surface area contributed by atoms with E-state index in [4.69, 9.17) is 4.74 Å². The molecule has 156 valence electrons. The summed E-state index contributed by atoms with van der Waals surface area (Å²) in [6, 6.07) is 5.83. The molecule has 1 N–H and O–H groups in total. The van der Waals surface area contributed by atoms with Crippen LogP contribution >= 0.6 is 24.0 Å². The molecule has 0 aromatic heterocycles. The molecule has 0 atom stereocenters. The molecular weight excluding hydrogens is 486 g/mol. The molecule has 0 bridgehead atoms. The second-order valence-corrected chi connectivity index (χ2v) is 7.69. The minimum Gasteiger partial charge on any atom is -0.492 e. The second kappa shape index (κ2) is 13.1. The molecule has 0 heterocycles. The van der Waals surface area contributed by atoms with Crippen molar-refractivity contribution in [3.63, 3.8) is 0 Å². The van der Waals surface area contributed by atoms with Crippen LogP contribution < -0.4 is 10.1 Å². The van der Waals surface area contributed by atoms with Gasteiger partial charge < -0.3 is 15.0 Å². The molecule has 0 saturated carbocycles. The number of guanidine groups is 1. The van der Waals surface area contributed by atoms with Gasteiger partial charge in [-0.25, -0.2) is 17.1 Å². The average Bonchev–Trinajstić information content (AvgIpc) is 2.61. The van der Waals surface area contributed by atoms with Gasteiger partial charge in [0.25, 0.3) is 0 Å². The highest BCUT2D eigenvalue weighted by atomic mass is 127. The summed E-state index contributed by atoms with van der Waals surface area (Å²) in [5, 5.41) is 3.05. The molecule has 10 heteroatoms. The molecule has 0 aliphatic heterocycles. The van der Waals surface area contributed by atoms with Crippen molar-refractivity contribution in [1.29, 1.82) is 0 Å². The lowest BCUT2D eigenvalue weighted by Gasteiger charge is -2.23. The Balaban J connectivity index is 0.00000676. The fourth-order valence-corrected chi connectivity index (χ4v) is 3.76. The summed E-state index contributed by atoms with van der Waals surface area (Å²) < 4.78 is 44.2. The van der Waals surface area contributed by atoms with Crippen molar-refractivity contribution in [3.05, 3.63) is 30.1 Å². The van der Waals surface area contributed by atoms with Crippen LogP contribution in [0.5, 0.6) is 5.75 Å². The highest BCUT2D eigenvalue weighted by Crippen LogP contribution is 2.10. The van der Waals surface area contributed by atoms with Gasteiger partial charge in [-0.15, -0.1) is 24.0 Å². The van der Waals surface area contributed by atoms with Gasteiger partial charge in [-0.1, -0.05) is 13.8 Å². The Kier molecular flexibility index (Phi) is 12.6. The predicted molar refractivity (Wildman–Crippen MR) is 118 cm³/mol. The van der Waals surface area contributed by atoms with Crippen LogP contribution in [0.15, 0.2) is 29.3 Å². The number of hydrogen-bond donors (Lipinski definition) is 1. The van der Waals surface area contributed by atoms with E-state index >= 15 is 0 Å². The number of nitrogens with one attached hydrogen (secondary N) is 1. The van der Waals surface area contributed by atoms with Gasteiger partial charge in [-0.3, -0.25) is 4.99 Å². The maximum atomic E-state index is 12.9. The molecule has 1 rings (SSSR count). The van der Waals surface area contributed by atoms with E-state index in [1.807, 2.05) is 25.8 Å². The molecular formula is C17H30FIN4O3S. The number of sulfonamides is 1. The Morgan fingerprint density at radius 3 is 2.33 bits per heavy atom. The Labute approximate surface area is 179 Å². The van der Waals surface area contributed by atoms with Crippen LogP contribution in [-0.4, -0.2) is 76.2 Å². The fraction of sp³-hybridized carbons (Fsp3) is 0.588. The summed E-state index contributed by atoms with van der Waals surface area (Å²) in [7, 11) is 0.206. The quantitative estimate of drug-likeness (QED) is 0.293. The molecule has 0 spiro atoms. The summed E-state index contributed by atoms with van der Waals surface area (Å²) in [6.07, 6.45) is 0. The van der Waals surface area contributed by atoms with E-state index in [0.717, 1.165) is 0 Å². The molecule has 0 radical (unpaired) electrons. The molecule has 1 aromatic carbocycles. The average molecular weight is 516 g/mol. The molecule has 0 unspecified atom stereocenters. The number of hydrogen-bond acceptors (Lipinski definition) is 4. The largest absolute Gasteiger partial charge is 0.492 e. The predicted octanol–water partition coefficient (Wildman–Crippen LogP) is 2.00. The van der Waals surface area contributed by atoms with Gasteiger partial charge in [0.2, 0.25) is 10.0 Å². The van der Waals surface area contributed by atoms with Crippen molar-refractivity contribution in [2.45, 2.75) is 13.8 Å². The zero-order chi connectivity index (χ0) is 19.6. The van der Waals surface area contributed by atoms with Crippen LogP contribution in [-0.2, 0) is 10.0 Å². The van der Waals surface area contributed by atoms with Gasteiger partial charge in [0.05, 0.1) is 12.3 Å². The van der Waals surface area contributed by atoms with E-state index in [1.165, 1.54) is 16.4 Å². The third kappa shape index (κ3) is 9.06. The highest BCUT2D eigenvalue weighted by molar-refractivity contribution is 14.0. The van der Waals surface area contributed by atoms with Crippen molar-refractivity contribution in [1.82, 2.24) is 14.5 Å². The van der Waals surface area contributed by atoms with Crippen LogP contribution in [0.4, 0.5) is 4.39 Å². The maximum Gasteiger partial charge on any atom is 0.215 e. The number of benzene rings is 1. The zero-order valence-corrected chi connectivity index (χ0v) is 19.5. The van der Waals surface area contributed by atoms with Gasteiger partial charge in [0.15, 0.2) is 5.96 Å². The van der Waals surface area contributed by atoms with Crippen LogP contribution in [0, 0.1) is 5.82 Å². The second-order valence-electron chi connectivity index (χ2n) is 5.60.